The Balaban J connectivity index is 1.78. The Bertz CT molecular complexity index is 1250. The summed E-state index contributed by atoms with van der Waals surface area (Å²) in [4.78, 5) is 21.8. The van der Waals surface area contributed by atoms with Gasteiger partial charge in [-0.25, -0.2) is 4.98 Å². The zero-order valence-corrected chi connectivity index (χ0v) is 20.6. The number of aromatic nitrogens is 1. The number of carbonyl (C=O) groups excluding carboxylic acids is 1. The summed E-state index contributed by atoms with van der Waals surface area (Å²) in [5.74, 6) is 0.289. The smallest absolute Gasteiger partial charge is 0.274 e. The minimum absolute atomic E-state index is 0.165. The second-order valence-corrected chi connectivity index (χ2v) is 12.3. The lowest BCUT2D eigenvalue weighted by Gasteiger charge is -2.58. The topological polar surface area (TPSA) is 154 Å². The van der Waals surface area contributed by atoms with E-state index < -0.39 is 32.0 Å². The SMILES string of the molecule is Cc1cc(C#N)cnc1C(=O)Nc1ccc2c(c1)[C@@]1(C)N=C(N)C(C)(C)S(O)(O)[C@@H]1C[C@H](C)O2. The number of amidine groups is 1. The van der Waals surface area contributed by atoms with Gasteiger partial charge in [0.1, 0.15) is 33.6 Å². The van der Waals surface area contributed by atoms with Crippen molar-refractivity contribution in [1.82, 2.24) is 4.98 Å². The molecular formula is C24H29N5O4S. The van der Waals surface area contributed by atoms with Crippen LogP contribution in [-0.4, -0.2) is 41.9 Å². The van der Waals surface area contributed by atoms with Crippen LogP contribution in [0.4, 0.5) is 5.69 Å². The van der Waals surface area contributed by atoms with Gasteiger partial charge in [-0.2, -0.15) is 15.9 Å². The largest absolute Gasteiger partial charge is 0.490 e. The Morgan fingerprint density at radius 3 is 2.68 bits per heavy atom. The molecule has 4 rings (SSSR count). The van der Waals surface area contributed by atoms with Crippen molar-refractivity contribution in [2.75, 3.05) is 5.32 Å². The van der Waals surface area contributed by atoms with Gasteiger partial charge in [-0.05, 0) is 64.4 Å². The second kappa shape index (κ2) is 7.98. The lowest BCUT2D eigenvalue weighted by atomic mass is 9.85. The van der Waals surface area contributed by atoms with Gasteiger partial charge in [0.15, 0.2) is 0 Å². The van der Waals surface area contributed by atoms with Gasteiger partial charge in [0.05, 0.1) is 16.9 Å². The standard InChI is InChI=1S/C24H29N5O4S/c1-13-8-15(11-25)12-27-20(13)21(30)28-16-6-7-18-17(10-16)24(5)19(9-14(2)33-18)34(31,32)23(3,4)22(26)29-24/h6-8,10,12,14,19,31-32H,9H2,1-5H3,(H2,26,29)(H,28,30)/t14-,19+,24+/m0/s1. The zero-order valence-electron chi connectivity index (χ0n) is 19.8. The monoisotopic (exact) mass is 483 g/mol. The number of hydrogen-bond acceptors (Lipinski definition) is 8. The quantitative estimate of drug-likeness (QED) is 0.500. The number of benzene rings is 1. The number of anilines is 1. The van der Waals surface area contributed by atoms with Crippen molar-refractivity contribution in [3.8, 4) is 11.8 Å². The Morgan fingerprint density at radius 1 is 1.32 bits per heavy atom. The Labute approximate surface area is 200 Å². The van der Waals surface area contributed by atoms with Crippen molar-refractivity contribution >= 4 is 28.0 Å². The van der Waals surface area contributed by atoms with Crippen molar-refractivity contribution < 1.29 is 18.6 Å². The van der Waals surface area contributed by atoms with Gasteiger partial charge in [0.25, 0.3) is 5.91 Å². The number of aliphatic imine (C=N–C) groups is 1. The van der Waals surface area contributed by atoms with Gasteiger partial charge in [0.2, 0.25) is 0 Å². The maximum absolute atomic E-state index is 12.9. The number of fused-ring (bicyclic) bond motifs is 3. The van der Waals surface area contributed by atoms with E-state index in [0.717, 1.165) is 0 Å². The number of rotatable bonds is 2. The zero-order chi connectivity index (χ0) is 25.1. The molecule has 2 aromatic rings. The molecule has 2 aliphatic heterocycles. The molecule has 0 unspecified atom stereocenters. The van der Waals surface area contributed by atoms with E-state index in [1.165, 1.54) is 6.20 Å². The third-order valence-electron chi connectivity index (χ3n) is 6.82. The molecule has 5 N–H and O–H groups in total. The molecule has 1 aromatic carbocycles. The van der Waals surface area contributed by atoms with Gasteiger partial charge < -0.3 is 15.8 Å². The predicted molar refractivity (Wildman–Crippen MR) is 132 cm³/mol. The van der Waals surface area contributed by atoms with Crippen molar-refractivity contribution in [3.63, 3.8) is 0 Å². The van der Waals surface area contributed by atoms with Crippen LogP contribution in [0.5, 0.6) is 5.75 Å². The summed E-state index contributed by atoms with van der Waals surface area (Å²) in [5, 5.41) is 11.2. The average Bonchev–Trinajstić information content (AvgIpc) is 2.87. The first kappa shape index (κ1) is 24.0. The molecule has 1 amide bonds. The van der Waals surface area contributed by atoms with Gasteiger partial charge in [-0.15, -0.1) is 0 Å². The van der Waals surface area contributed by atoms with Crippen LogP contribution in [0.15, 0.2) is 35.5 Å². The average molecular weight is 484 g/mol. The number of nitrogens with two attached hydrogens (primary N) is 1. The lowest BCUT2D eigenvalue weighted by Crippen LogP contribution is -2.57. The van der Waals surface area contributed by atoms with Crippen LogP contribution >= 0.6 is 10.6 Å². The van der Waals surface area contributed by atoms with E-state index in [1.54, 1.807) is 45.0 Å². The summed E-state index contributed by atoms with van der Waals surface area (Å²) in [6, 6.07) is 8.80. The Kier molecular flexibility index (Phi) is 5.63. The molecule has 10 heteroatoms. The third kappa shape index (κ3) is 3.60. The van der Waals surface area contributed by atoms with E-state index in [0.29, 0.717) is 34.5 Å². The first-order valence-corrected chi connectivity index (χ1v) is 12.5. The summed E-state index contributed by atoms with van der Waals surface area (Å²) in [6.07, 6.45) is 1.45. The highest BCUT2D eigenvalue weighted by Gasteiger charge is 2.58. The molecule has 0 radical (unpaired) electrons. The minimum Gasteiger partial charge on any atom is -0.490 e. The molecule has 0 saturated heterocycles. The lowest BCUT2D eigenvalue weighted by molar-refractivity contribution is 0.102. The number of nitrogens with one attached hydrogen (secondary N) is 1. The predicted octanol–water partition coefficient (Wildman–Crippen LogP) is 4.17. The normalized spacial score (nSPS) is 27.5. The number of pyridine rings is 1. The van der Waals surface area contributed by atoms with Gasteiger partial charge >= 0.3 is 0 Å². The van der Waals surface area contributed by atoms with Crippen molar-refractivity contribution in [2.45, 2.75) is 62.7 Å². The van der Waals surface area contributed by atoms with E-state index in [-0.39, 0.29) is 17.6 Å². The molecule has 34 heavy (non-hydrogen) atoms. The highest BCUT2D eigenvalue weighted by Crippen LogP contribution is 2.66. The van der Waals surface area contributed by atoms with Crippen LogP contribution in [0.3, 0.4) is 0 Å². The molecule has 0 saturated carbocycles. The molecule has 0 fully saturated rings. The number of nitriles is 1. The molecule has 3 atom stereocenters. The molecule has 2 aliphatic rings. The minimum atomic E-state index is -3.22. The maximum Gasteiger partial charge on any atom is 0.274 e. The number of hydrogen-bond donors (Lipinski definition) is 4. The molecule has 9 nitrogen and oxygen atoms in total. The summed E-state index contributed by atoms with van der Waals surface area (Å²) >= 11 is 0. The van der Waals surface area contributed by atoms with E-state index in [2.05, 4.69) is 10.3 Å². The third-order valence-corrected chi connectivity index (χ3v) is 9.98. The Hall–Kier alpha value is -3.13. The van der Waals surface area contributed by atoms with Crippen molar-refractivity contribution in [2.24, 2.45) is 10.7 Å². The summed E-state index contributed by atoms with van der Waals surface area (Å²) in [5.41, 5.74) is 7.45. The molecule has 1 aromatic heterocycles. The van der Waals surface area contributed by atoms with Gasteiger partial charge in [-0.1, -0.05) is 0 Å². The van der Waals surface area contributed by atoms with Gasteiger partial charge in [-0.3, -0.25) is 18.9 Å². The van der Waals surface area contributed by atoms with Crippen LogP contribution in [0.25, 0.3) is 0 Å². The molecular weight excluding hydrogens is 454 g/mol. The fraction of sp³-hybridized carbons (Fsp3) is 0.417. The van der Waals surface area contributed by atoms with Crippen LogP contribution in [-0.2, 0) is 5.54 Å². The van der Waals surface area contributed by atoms with Gasteiger partial charge in [0, 0.05) is 23.9 Å². The number of nitrogens with zero attached hydrogens (tertiary/aromatic N) is 3. The highest BCUT2D eigenvalue weighted by atomic mass is 32.3. The Morgan fingerprint density at radius 2 is 2.03 bits per heavy atom. The van der Waals surface area contributed by atoms with E-state index in [9.17, 15) is 13.9 Å². The summed E-state index contributed by atoms with van der Waals surface area (Å²) in [6.45, 7) is 8.82. The van der Waals surface area contributed by atoms with Crippen LogP contribution in [0, 0.1) is 18.3 Å². The first-order chi connectivity index (χ1) is 15.8. The van der Waals surface area contributed by atoms with Crippen LogP contribution < -0.4 is 15.8 Å². The number of amides is 1. The van der Waals surface area contributed by atoms with E-state index in [4.69, 9.17) is 20.7 Å². The number of carbonyl (C=O) groups is 1. The fourth-order valence-electron chi connectivity index (χ4n) is 4.62. The molecule has 0 bridgehead atoms. The first-order valence-electron chi connectivity index (χ1n) is 10.9. The molecule has 0 spiro atoms. The van der Waals surface area contributed by atoms with E-state index in [1.807, 2.05) is 19.9 Å². The summed E-state index contributed by atoms with van der Waals surface area (Å²) < 4.78 is 27.8. The fourth-order valence-corrected chi connectivity index (χ4v) is 7.04. The number of ether oxygens (including phenoxy) is 1. The second-order valence-electron chi connectivity index (χ2n) is 9.57. The molecule has 180 valence electrons. The maximum atomic E-state index is 12.9. The van der Waals surface area contributed by atoms with Crippen LogP contribution in [0.2, 0.25) is 0 Å². The summed E-state index contributed by atoms with van der Waals surface area (Å²) in [7, 11) is -3.22. The van der Waals surface area contributed by atoms with E-state index >= 15 is 0 Å². The number of aryl methyl sites for hydroxylation is 1. The molecule has 3 heterocycles. The van der Waals surface area contributed by atoms with Crippen molar-refractivity contribution in [1.29, 1.82) is 5.26 Å². The van der Waals surface area contributed by atoms with Crippen molar-refractivity contribution in [3.05, 3.63) is 52.8 Å². The van der Waals surface area contributed by atoms with Crippen LogP contribution in [0.1, 0.15) is 61.3 Å². The molecule has 0 aliphatic carbocycles. The highest BCUT2D eigenvalue weighted by molar-refractivity contribution is 8.26.